The summed E-state index contributed by atoms with van der Waals surface area (Å²) in [4.78, 5) is 0. The van der Waals surface area contributed by atoms with E-state index < -0.39 is 0 Å². The molecule has 1 aliphatic rings. The van der Waals surface area contributed by atoms with Gasteiger partial charge in [-0.15, -0.1) is 6.42 Å². The number of aromatic nitrogens is 1. The highest BCUT2D eigenvalue weighted by molar-refractivity contribution is 5.30. The summed E-state index contributed by atoms with van der Waals surface area (Å²) in [6, 6.07) is 2.06. The second-order valence-electron chi connectivity index (χ2n) is 5.53. The van der Waals surface area contributed by atoms with E-state index in [1.165, 1.54) is 5.69 Å². The summed E-state index contributed by atoms with van der Waals surface area (Å²) in [6.45, 7) is 6.39. The van der Waals surface area contributed by atoms with Gasteiger partial charge in [0.15, 0.2) is 0 Å². The molecule has 0 fully saturated rings. The molecule has 2 nitrogen and oxygen atoms in total. The predicted molar refractivity (Wildman–Crippen MR) is 65.0 cm³/mol. The Morgan fingerprint density at radius 3 is 2.94 bits per heavy atom. The Labute approximate surface area is 97.3 Å². The van der Waals surface area contributed by atoms with Gasteiger partial charge >= 0.3 is 0 Å². The molecule has 2 atom stereocenters. The van der Waals surface area contributed by atoms with E-state index in [0.29, 0.717) is 0 Å². The van der Waals surface area contributed by atoms with E-state index in [9.17, 15) is 5.11 Å². The van der Waals surface area contributed by atoms with Crippen molar-refractivity contribution < 1.29 is 5.11 Å². The molecule has 0 saturated carbocycles. The predicted octanol–water partition coefficient (Wildman–Crippen LogP) is 2.69. The van der Waals surface area contributed by atoms with E-state index >= 15 is 0 Å². The van der Waals surface area contributed by atoms with E-state index in [0.717, 1.165) is 18.4 Å². The van der Waals surface area contributed by atoms with Gasteiger partial charge in [0, 0.05) is 17.5 Å². The van der Waals surface area contributed by atoms with E-state index in [1.807, 2.05) is 19.2 Å². The Morgan fingerprint density at radius 1 is 1.62 bits per heavy atom. The molecule has 0 amide bonds. The molecule has 1 N–H and O–H groups in total. The van der Waals surface area contributed by atoms with Gasteiger partial charge < -0.3 is 9.67 Å². The highest BCUT2D eigenvalue weighted by Crippen LogP contribution is 2.41. The minimum absolute atomic E-state index is 0.0600. The van der Waals surface area contributed by atoms with Crippen molar-refractivity contribution in [1.29, 1.82) is 0 Å². The molecule has 1 aliphatic carbocycles. The van der Waals surface area contributed by atoms with E-state index in [2.05, 4.69) is 24.3 Å². The first kappa shape index (κ1) is 11.3. The lowest BCUT2D eigenvalue weighted by atomic mass is 9.75. The average molecular weight is 217 g/mol. The number of terminal acetylenes is 1. The molecule has 1 aromatic rings. The number of fused-ring (bicyclic) bond motifs is 1. The highest BCUT2D eigenvalue weighted by atomic mass is 16.3. The fraction of sp³-hybridized carbons (Fsp3) is 0.571. The first-order valence-corrected chi connectivity index (χ1v) is 5.78. The lowest BCUT2D eigenvalue weighted by Crippen LogP contribution is -2.27. The zero-order chi connectivity index (χ0) is 11.9. The number of hydrogen-bond donors (Lipinski definition) is 1. The van der Waals surface area contributed by atoms with Crippen LogP contribution < -0.4 is 0 Å². The third-order valence-corrected chi connectivity index (χ3v) is 3.47. The molecule has 0 spiro atoms. The molecule has 1 heterocycles. The summed E-state index contributed by atoms with van der Waals surface area (Å²) in [5.41, 5.74) is 2.41. The molecular formula is C14H19NO. The Bertz CT molecular complexity index is 436. The number of aliphatic hydroxyl groups excluding tert-OH is 1. The smallest absolute Gasteiger partial charge is 0.0913 e. The van der Waals surface area contributed by atoms with Gasteiger partial charge in [-0.3, -0.25) is 0 Å². The minimum atomic E-state index is -0.343. The van der Waals surface area contributed by atoms with Crippen LogP contribution in [0.15, 0.2) is 12.3 Å². The molecule has 2 unspecified atom stereocenters. The molecule has 0 radical (unpaired) electrons. The molecule has 0 aliphatic heterocycles. The summed E-state index contributed by atoms with van der Waals surface area (Å²) in [5.74, 6) is 2.74. The van der Waals surface area contributed by atoms with Crippen LogP contribution in [0.5, 0.6) is 0 Å². The first-order valence-electron chi connectivity index (χ1n) is 5.78. The van der Waals surface area contributed by atoms with Gasteiger partial charge in [0.25, 0.3) is 0 Å². The Kier molecular flexibility index (Phi) is 2.59. The maximum absolute atomic E-state index is 10.1. The normalized spacial score (nSPS) is 24.6. The number of aliphatic hydroxyl groups is 1. The van der Waals surface area contributed by atoms with Crippen LogP contribution in [-0.4, -0.2) is 9.67 Å². The molecule has 2 heteroatoms. The summed E-state index contributed by atoms with van der Waals surface area (Å²) >= 11 is 0. The molecule has 1 aromatic heterocycles. The first-order chi connectivity index (χ1) is 7.44. The number of nitrogens with zero attached hydrogens (tertiary/aromatic N) is 1. The van der Waals surface area contributed by atoms with Gasteiger partial charge in [0.1, 0.15) is 0 Å². The van der Waals surface area contributed by atoms with Crippen molar-refractivity contribution in [2.24, 2.45) is 5.41 Å². The van der Waals surface area contributed by atoms with Gasteiger partial charge in [-0.25, -0.2) is 0 Å². The molecule has 16 heavy (non-hydrogen) atoms. The lowest BCUT2D eigenvalue weighted by Gasteiger charge is -2.34. The second kappa shape index (κ2) is 3.68. The van der Waals surface area contributed by atoms with Crippen molar-refractivity contribution in [2.45, 2.75) is 45.8 Å². The molecule has 2 rings (SSSR count). The fourth-order valence-electron chi connectivity index (χ4n) is 2.59. The SMILES string of the molecule is C#CC(C)n1ccc2c1CC(C)(C)CC2O. The van der Waals surface area contributed by atoms with Crippen molar-refractivity contribution in [1.82, 2.24) is 4.57 Å². The molecule has 86 valence electrons. The minimum Gasteiger partial charge on any atom is -0.388 e. The zero-order valence-electron chi connectivity index (χ0n) is 10.2. The van der Waals surface area contributed by atoms with Crippen LogP contribution in [-0.2, 0) is 6.42 Å². The van der Waals surface area contributed by atoms with Crippen LogP contribution in [0.4, 0.5) is 0 Å². The third-order valence-electron chi connectivity index (χ3n) is 3.47. The third kappa shape index (κ3) is 1.76. The van der Waals surface area contributed by atoms with Crippen LogP contribution in [0.3, 0.4) is 0 Å². The average Bonchev–Trinajstić information content (AvgIpc) is 2.58. The molecule has 0 saturated heterocycles. The van der Waals surface area contributed by atoms with Crippen molar-refractivity contribution in [3.63, 3.8) is 0 Å². The van der Waals surface area contributed by atoms with Crippen molar-refractivity contribution in [3.05, 3.63) is 23.5 Å². The van der Waals surface area contributed by atoms with E-state index in [4.69, 9.17) is 6.42 Å². The van der Waals surface area contributed by atoms with Crippen molar-refractivity contribution in [2.75, 3.05) is 0 Å². The van der Waals surface area contributed by atoms with E-state index in [-0.39, 0.29) is 17.6 Å². The monoisotopic (exact) mass is 217 g/mol. The topological polar surface area (TPSA) is 25.2 Å². The van der Waals surface area contributed by atoms with Crippen molar-refractivity contribution in [3.8, 4) is 12.3 Å². The van der Waals surface area contributed by atoms with Crippen LogP contribution in [0.1, 0.15) is 50.6 Å². The van der Waals surface area contributed by atoms with Crippen LogP contribution in [0, 0.1) is 17.8 Å². The fourth-order valence-corrected chi connectivity index (χ4v) is 2.59. The lowest BCUT2D eigenvalue weighted by molar-refractivity contribution is 0.0978. The van der Waals surface area contributed by atoms with Gasteiger partial charge in [-0.1, -0.05) is 19.8 Å². The zero-order valence-corrected chi connectivity index (χ0v) is 10.2. The molecular weight excluding hydrogens is 198 g/mol. The number of rotatable bonds is 1. The molecule has 0 aromatic carbocycles. The van der Waals surface area contributed by atoms with Crippen LogP contribution >= 0.6 is 0 Å². The van der Waals surface area contributed by atoms with Crippen LogP contribution in [0.25, 0.3) is 0 Å². The Hall–Kier alpha value is -1.20. The number of hydrogen-bond acceptors (Lipinski definition) is 1. The van der Waals surface area contributed by atoms with Crippen molar-refractivity contribution >= 4 is 0 Å². The molecule has 0 bridgehead atoms. The summed E-state index contributed by atoms with van der Waals surface area (Å²) in [7, 11) is 0. The standard InChI is InChI=1S/C14H19NO/c1-5-10(2)15-7-6-11-12(15)8-14(3,4)9-13(11)16/h1,6-7,10,13,16H,8-9H2,2-4H3. The highest BCUT2D eigenvalue weighted by Gasteiger charge is 2.33. The summed E-state index contributed by atoms with van der Waals surface area (Å²) in [5, 5.41) is 10.1. The van der Waals surface area contributed by atoms with Gasteiger partial charge in [-0.05, 0) is 31.2 Å². The summed E-state index contributed by atoms with van der Waals surface area (Å²) in [6.07, 6.45) is 8.93. The maximum Gasteiger partial charge on any atom is 0.0913 e. The Balaban J connectivity index is 2.46. The largest absolute Gasteiger partial charge is 0.388 e. The Morgan fingerprint density at radius 2 is 2.31 bits per heavy atom. The maximum atomic E-state index is 10.1. The summed E-state index contributed by atoms with van der Waals surface area (Å²) < 4.78 is 2.11. The van der Waals surface area contributed by atoms with E-state index in [1.54, 1.807) is 0 Å². The van der Waals surface area contributed by atoms with Gasteiger partial charge in [-0.2, -0.15) is 0 Å². The second-order valence-corrected chi connectivity index (χ2v) is 5.53. The quantitative estimate of drug-likeness (QED) is 0.719. The van der Waals surface area contributed by atoms with Crippen LogP contribution in [0.2, 0.25) is 0 Å². The van der Waals surface area contributed by atoms with Gasteiger partial charge in [0.05, 0.1) is 12.1 Å². The van der Waals surface area contributed by atoms with Gasteiger partial charge in [0.2, 0.25) is 0 Å².